The topological polar surface area (TPSA) is 42.7 Å². The SMILES string of the molecule is CCn1ncc(Cl)c1C(NC)c1ncccc1C. The second-order valence-electron chi connectivity index (χ2n) is 4.12. The third-order valence-corrected chi connectivity index (χ3v) is 3.31. The van der Waals surface area contributed by atoms with E-state index >= 15 is 0 Å². The Morgan fingerprint density at radius 3 is 2.89 bits per heavy atom. The second-order valence-corrected chi connectivity index (χ2v) is 4.53. The fourth-order valence-electron chi connectivity index (χ4n) is 2.11. The van der Waals surface area contributed by atoms with Crippen molar-refractivity contribution in [2.45, 2.75) is 26.4 Å². The van der Waals surface area contributed by atoms with E-state index in [-0.39, 0.29) is 6.04 Å². The third-order valence-electron chi connectivity index (χ3n) is 3.02. The van der Waals surface area contributed by atoms with Crippen LogP contribution in [-0.4, -0.2) is 21.8 Å². The molecule has 5 heteroatoms. The summed E-state index contributed by atoms with van der Waals surface area (Å²) in [4.78, 5) is 4.46. The van der Waals surface area contributed by atoms with E-state index in [1.165, 1.54) is 0 Å². The lowest BCUT2D eigenvalue weighted by Gasteiger charge is -2.19. The first kappa shape index (κ1) is 13.1. The Morgan fingerprint density at radius 1 is 1.50 bits per heavy atom. The molecule has 0 radical (unpaired) electrons. The van der Waals surface area contributed by atoms with Gasteiger partial charge in [-0.2, -0.15) is 5.10 Å². The van der Waals surface area contributed by atoms with Crippen molar-refractivity contribution in [3.05, 3.63) is 46.5 Å². The van der Waals surface area contributed by atoms with Crippen molar-refractivity contribution >= 4 is 11.6 Å². The van der Waals surface area contributed by atoms with Gasteiger partial charge >= 0.3 is 0 Å². The number of hydrogen-bond acceptors (Lipinski definition) is 3. The van der Waals surface area contributed by atoms with Crippen molar-refractivity contribution < 1.29 is 0 Å². The van der Waals surface area contributed by atoms with Crippen molar-refractivity contribution in [2.24, 2.45) is 0 Å². The van der Waals surface area contributed by atoms with E-state index in [0.29, 0.717) is 5.02 Å². The molecule has 0 fully saturated rings. The Morgan fingerprint density at radius 2 is 2.28 bits per heavy atom. The summed E-state index contributed by atoms with van der Waals surface area (Å²) in [5.74, 6) is 0. The molecular weight excluding hydrogens is 248 g/mol. The molecule has 0 saturated carbocycles. The van der Waals surface area contributed by atoms with Gasteiger partial charge in [0.1, 0.15) is 0 Å². The Hall–Kier alpha value is -1.39. The van der Waals surface area contributed by atoms with Gasteiger partial charge in [-0.25, -0.2) is 0 Å². The number of nitrogens with zero attached hydrogens (tertiary/aromatic N) is 3. The molecule has 0 saturated heterocycles. The van der Waals surface area contributed by atoms with Gasteiger partial charge in [-0.3, -0.25) is 9.67 Å². The van der Waals surface area contributed by atoms with Gasteiger partial charge in [0.15, 0.2) is 0 Å². The van der Waals surface area contributed by atoms with Crippen molar-refractivity contribution in [3.8, 4) is 0 Å². The maximum atomic E-state index is 6.25. The number of nitrogens with one attached hydrogen (secondary N) is 1. The van der Waals surface area contributed by atoms with Crippen LogP contribution >= 0.6 is 11.6 Å². The lowest BCUT2D eigenvalue weighted by atomic mass is 10.1. The van der Waals surface area contributed by atoms with Crippen LogP contribution in [0.5, 0.6) is 0 Å². The highest BCUT2D eigenvalue weighted by Gasteiger charge is 2.22. The lowest BCUT2D eigenvalue weighted by molar-refractivity contribution is 0.554. The summed E-state index contributed by atoms with van der Waals surface area (Å²) in [5.41, 5.74) is 3.08. The Bertz CT molecular complexity index is 536. The van der Waals surface area contributed by atoms with Gasteiger partial charge in [-0.15, -0.1) is 0 Å². The van der Waals surface area contributed by atoms with Crippen molar-refractivity contribution in [1.82, 2.24) is 20.1 Å². The van der Waals surface area contributed by atoms with Crippen LogP contribution in [0.4, 0.5) is 0 Å². The second kappa shape index (κ2) is 5.50. The first-order chi connectivity index (χ1) is 8.69. The normalized spacial score (nSPS) is 12.7. The molecule has 96 valence electrons. The minimum absolute atomic E-state index is 0.0406. The highest BCUT2D eigenvalue weighted by atomic mass is 35.5. The molecule has 2 aromatic rings. The van der Waals surface area contributed by atoms with Gasteiger partial charge in [0.2, 0.25) is 0 Å². The number of rotatable bonds is 4. The average Bonchev–Trinajstić information content (AvgIpc) is 2.74. The number of aromatic nitrogens is 3. The summed E-state index contributed by atoms with van der Waals surface area (Å²) in [6.07, 6.45) is 3.48. The molecule has 1 unspecified atom stereocenters. The Labute approximate surface area is 112 Å². The van der Waals surface area contributed by atoms with Gasteiger partial charge in [0.05, 0.1) is 28.6 Å². The molecule has 2 aromatic heterocycles. The number of halogens is 1. The summed E-state index contributed by atoms with van der Waals surface area (Å²) in [6, 6.07) is 3.94. The highest BCUT2D eigenvalue weighted by Crippen LogP contribution is 2.28. The van der Waals surface area contributed by atoms with Crippen LogP contribution in [0.3, 0.4) is 0 Å². The lowest BCUT2D eigenvalue weighted by Crippen LogP contribution is -2.23. The summed E-state index contributed by atoms with van der Waals surface area (Å²) >= 11 is 6.25. The van der Waals surface area contributed by atoms with Crippen LogP contribution in [0, 0.1) is 6.92 Å². The molecule has 4 nitrogen and oxygen atoms in total. The van der Waals surface area contributed by atoms with Crippen LogP contribution in [0.2, 0.25) is 5.02 Å². The van der Waals surface area contributed by atoms with Gasteiger partial charge in [-0.1, -0.05) is 17.7 Å². The average molecular weight is 265 g/mol. The maximum absolute atomic E-state index is 6.25. The molecule has 0 aliphatic heterocycles. The van der Waals surface area contributed by atoms with Gasteiger partial charge in [0, 0.05) is 12.7 Å². The molecule has 0 aliphatic carbocycles. The van der Waals surface area contributed by atoms with E-state index in [1.54, 1.807) is 12.4 Å². The fourth-order valence-corrected chi connectivity index (χ4v) is 2.36. The molecule has 0 spiro atoms. The Balaban J connectivity index is 2.52. The van der Waals surface area contributed by atoms with E-state index in [1.807, 2.05) is 37.7 Å². The molecule has 0 aliphatic rings. The van der Waals surface area contributed by atoms with Gasteiger partial charge in [0.25, 0.3) is 0 Å². The van der Waals surface area contributed by atoms with Gasteiger partial charge in [-0.05, 0) is 32.5 Å². The van der Waals surface area contributed by atoms with Crippen LogP contribution < -0.4 is 5.32 Å². The molecule has 2 heterocycles. The van der Waals surface area contributed by atoms with Crippen LogP contribution in [0.25, 0.3) is 0 Å². The van der Waals surface area contributed by atoms with E-state index in [2.05, 4.69) is 15.4 Å². The van der Waals surface area contributed by atoms with Crippen molar-refractivity contribution in [1.29, 1.82) is 0 Å². The highest BCUT2D eigenvalue weighted by molar-refractivity contribution is 6.31. The first-order valence-electron chi connectivity index (χ1n) is 5.99. The molecule has 0 aromatic carbocycles. The van der Waals surface area contributed by atoms with Crippen molar-refractivity contribution in [2.75, 3.05) is 7.05 Å². The number of hydrogen-bond donors (Lipinski definition) is 1. The summed E-state index contributed by atoms with van der Waals surface area (Å²) in [6.45, 7) is 4.88. The fraction of sp³-hybridized carbons (Fsp3) is 0.385. The molecular formula is C13H17ClN4. The largest absolute Gasteiger partial charge is 0.307 e. The first-order valence-corrected chi connectivity index (χ1v) is 6.36. The number of aryl methyl sites for hydroxylation is 2. The van der Waals surface area contributed by atoms with E-state index < -0.39 is 0 Å². The monoisotopic (exact) mass is 264 g/mol. The zero-order valence-electron chi connectivity index (χ0n) is 10.8. The van der Waals surface area contributed by atoms with Crippen LogP contribution in [-0.2, 0) is 6.54 Å². The smallest absolute Gasteiger partial charge is 0.0937 e. The zero-order chi connectivity index (χ0) is 13.1. The summed E-state index contributed by atoms with van der Waals surface area (Å²) in [7, 11) is 1.90. The zero-order valence-corrected chi connectivity index (χ0v) is 11.6. The van der Waals surface area contributed by atoms with Gasteiger partial charge < -0.3 is 5.32 Å². The van der Waals surface area contributed by atoms with E-state index in [9.17, 15) is 0 Å². The maximum Gasteiger partial charge on any atom is 0.0937 e. The molecule has 0 amide bonds. The van der Waals surface area contributed by atoms with E-state index in [0.717, 1.165) is 23.5 Å². The summed E-state index contributed by atoms with van der Waals surface area (Å²) in [5, 5.41) is 8.21. The predicted octanol–water partition coefficient (Wildman–Crippen LogP) is 2.57. The number of pyridine rings is 1. The minimum Gasteiger partial charge on any atom is -0.307 e. The Kier molecular flexibility index (Phi) is 3.99. The molecule has 2 rings (SSSR count). The van der Waals surface area contributed by atoms with Crippen LogP contribution in [0.1, 0.15) is 29.9 Å². The van der Waals surface area contributed by atoms with Crippen molar-refractivity contribution in [3.63, 3.8) is 0 Å². The molecule has 1 N–H and O–H groups in total. The molecule has 1 atom stereocenters. The van der Waals surface area contributed by atoms with E-state index in [4.69, 9.17) is 11.6 Å². The predicted molar refractivity (Wildman–Crippen MR) is 72.8 cm³/mol. The molecule has 0 bridgehead atoms. The summed E-state index contributed by atoms with van der Waals surface area (Å²) < 4.78 is 1.90. The minimum atomic E-state index is -0.0406. The quantitative estimate of drug-likeness (QED) is 0.923. The molecule has 18 heavy (non-hydrogen) atoms. The standard InChI is InChI=1S/C13H17ClN4/c1-4-18-13(10(14)8-17-18)12(15-3)11-9(2)6-5-7-16-11/h5-8,12,15H,4H2,1-3H3. The third kappa shape index (κ3) is 2.26. The van der Waals surface area contributed by atoms with Crippen LogP contribution in [0.15, 0.2) is 24.5 Å².